The summed E-state index contributed by atoms with van der Waals surface area (Å²) in [5.74, 6) is 0. The van der Waals surface area contributed by atoms with Gasteiger partial charge in [0.2, 0.25) is 0 Å². The van der Waals surface area contributed by atoms with Gasteiger partial charge in [0.15, 0.2) is 0 Å². The van der Waals surface area contributed by atoms with Crippen LogP contribution in [0.5, 0.6) is 0 Å². The first-order chi connectivity index (χ1) is 7.67. The summed E-state index contributed by atoms with van der Waals surface area (Å²) in [5.41, 5.74) is 2.33. The summed E-state index contributed by atoms with van der Waals surface area (Å²) in [6.45, 7) is 8.18. The standard InChI is InChI=1S/C12H23N3O/c1-4-12(5-2,9-16)8-13-6-11-7-14-15-10(11)3/h7,13,16H,4-6,8-9H2,1-3H3,(H,14,15). The predicted molar refractivity (Wildman–Crippen MR) is 65.1 cm³/mol. The van der Waals surface area contributed by atoms with Gasteiger partial charge in [0.1, 0.15) is 0 Å². The fourth-order valence-corrected chi connectivity index (χ4v) is 1.80. The van der Waals surface area contributed by atoms with Gasteiger partial charge < -0.3 is 10.4 Å². The molecule has 0 saturated carbocycles. The van der Waals surface area contributed by atoms with Crippen LogP contribution < -0.4 is 5.32 Å². The summed E-state index contributed by atoms with van der Waals surface area (Å²) in [6, 6.07) is 0. The van der Waals surface area contributed by atoms with Gasteiger partial charge in [0.05, 0.1) is 6.20 Å². The average molecular weight is 225 g/mol. The minimum atomic E-state index is 0.0254. The second-order valence-electron chi connectivity index (χ2n) is 4.49. The minimum absolute atomic E-state index is 0.0254. The zero-order valence-corrected chi connectivity index (χ0v) is 10.5. The lowest BCUT2D eigenvalue weighted by atomic mass is 9.83. The third kappa shape index (κ3) is 3.06. The predicted octanol–water partition coefficient (Wildman–Crippen LogP) is 1.61. The maximum absolute atomic E-state index is 9.43. The number of aliphatic hydroxyl groups excluding tert-OH is 1. The Balaban J connectivity index is 2.42. The van der Waals surface area contributed by atoms with Crippen molar-refractivity contribution < 1.29 is 5.11 Å². The van der Waals surface area contributed by atoms with Crippen molar-refractivity contribution in [2.75, 3.05) is 13.2 Å². The first-order valence-electron chi connectivity index (χ1n) is 5.98. The lowest BCUT2D eigenvalue weighted by Gasteiger charge is -2.29. The number of rotatable bonds is 7. The van der Waals surface area contributed by atoms with E-state index in [-0.39, 0.29) is 12.0 Å². The molecule has 4 heteroatoms. The lowest BCUT2D eigenvalue weighted by molar-refractivity contribution is 0.113. The van der Waals surface area contributed by atoms with E-state index >= 15 is 0 Å². The molecular weight excluding hydrogens is 202 g/mol. The number of H-pyrrole nitrogens is 1. The zero-order chi connectivity index (χ0) is 12.0. The van der Waals surface area contributed by atoms with Gasteiger partial charge in [0.25, 0.3) is 0 Å². The van der Waals surface area contributed by atoms with Crippen LogP contribution in [0.1, 0.15) is 37.9 Å². The van der Waals surface area contributed by atoms with E-state index in [9.17, 15) is 5.11 Å². The molecule has 0 spiro atoms. The van der Waals surface area contributed by atoms with Crippen LogP contribution in [0, 0.1) is 12.3 Å². The molecule has 0 amide bonds. The molecule has 0 bridgehead atoms. The molecule has 92 valence electrons. The second-order valence-corrected chi connectivity index (χ2v) is 4.49. The smallest absolute Gasteiger partial charge is 0.0535 e. The Labute approximate surface area is 97.5 Å². The average Bonchev–Trinajstić information content (AvgIpc) is 2.71. The number of aryl methyl sites for hydroxylation is 1. The Morgan fingerprint density at radius 1 is 1.44 bits per heavy atom. The van der Waals surface area contributed by atoms with E-state index < -0.39 is 0 Å². The molecule has 1 aromatic heterocycles. The number of aromatic amines is 1. The van der Waals surface area contributed by atoms with Crippen molar-refractivity contribution in [3.8, 4) is 0 Å². The Hall–Kier alpha value is -0.870. The van der Waals surface area contributed by atoms with E-state index in [1.165, 1.54) is 5.56 Å². The third-order valence-electron chi connectivity index (χ3n) is 3.59. The van der Waals surface area contributed by atoms with Gasteiger partial charge in [-0.2, -0.15) is 5.10 Å². The molecule has 0 atom stereocenters. The van der Waals surface area contributed by atoms with Gasteiger partial charge in [-0.15, -0.1) is 0 Å². The molecule has 0 radical (unpaired) electrons. The fraction of sp³-hybridized carbons (Fsp3) is 0.750. The first kappa shape index (κ1) is 13.2. The molecule has 3 N–H and O–H groups in total. The Kier molecular flexibility index (Phi) is 4.96. The van der Waals surface area contributed by atoms with Crippen molar-refractivity contribution in [1.82, 2.24) is 15.5 Å². The van der Waals surface area contributed by atoms with Crippen LogP contribution in [0.2, 0.25) is 0 Å². The number of hydrogen-bond acceptors (Lipinski definition) is 3. The number of aromatic nitrogens is 2. The highest BCUT2D eigenvalue weighted by molar-refractivity contribution is 5.13. The topological polar surface area (TPSA) is 60.9 Å². The molecule has 0 fully saturated rings. The van der Waals surface area contributed by atoms with Crippen molar-refractivity contribution in [2.45, 2.75) is 40.2 Å². The normalized spacial score (nSPS) is 12.0. The molecule has 0 saturated heterocycles. The van der Waals surface area contributed by atoms with E-state index in [1.807, 2.05) is 13.1 Å². The molecule has 0 aliphatic heterocycles. The molecule has 4 nitrogen and oxygen atoms in total. The van der Waals surface area contributed by atoms with Crippen molar-refractivity contribution in [3.63, 3.8) is 0 Å². The highest BCUT2D eigenvalue weighted by Gasteiger charge is 2.24. The first-order valence-corrected chi connectivity index (χ1v) is 5.98. The zero-order valence-electron chi connectivity index (χ0n) is 10.5. The van der Waals surface area contributed by atoms with Crippen LogP contribution in [0.4, 0.5) is 0 Å². The van der Waals surface area contributed by atoms with Crippen molar-refractivity contribution >= 4 is 0 Å². The molecular formula is C12H23N3O. The SMILES string of the molecule is CCC(CC)(CO)CNCc1cn[nH]c1C. The number of hydrogen-bond donors (Lipinski definition) is 3. The molecule has 0 unspecified atom stereocenters. The number of nitrogens with one attached hydrogen (secondary N) is 2. The Bertz CT molecular complexity index is 297. The van der Waals surface area contributed by atoms with Crippen LogP contribution in [0.3, 0.4) is 0 Å². The molecule has 1 aromatic rings. The van der Waals surface area contributed by atoms with Gasteiger partial charge in [-0.1, -0.05) is 13.8 Å². The number of nitrogens with zero attached hydrogens (tertiary/aromatic N) is 1. The van der Waals surface area contributed by atoms with E-state index in [0.29, 0.717) is 0 Å². The van der Waals surface area contributed by atoms with E-state index in [1.54, 1.807) is 0 Å². The van der Waals surface area contributed by atoms with Crippen LogP contribution in [-0.2, 0) is 6.54 Å². The minimum Gasteiger partial charge on any atom is -0.396 e. The molecule has 16 heavy (non-hydrogen) atoms. The maximum atomic E-state index is 9.43. The molecule has 0 aromatic carbocycles. The van der Waals surface area contributed by atoms with E-state index in [0.717, 1.165) is 31.6 Å². The highest BCUT2D eigenvalue weighted by Crippen LogP contribution is 2.24. The van der Waals surface area contributed by atoms with Gasteiger partial charge >= 0.3 is 0 Å². The van der Waals surface area contributed by atoms with Crippen LogP contribution >= 0.6 is 0 Å². The molecule has 1 rings (SSSR count). The molecule has 0 aliphatic rings. The fourth-order valence-electron chi connectivity index (χ4n) is 1.80. The van der Waals surface area contributed by atoms with Gasteiger partial charge in [-0.3, -0.25) is 5.10 Å². The van der Waals surface area contributed by atoms with Gasteiger partial charge in [-0.05, 0) is 19.8 Å². The highest BCUT2D eigenvalue weighted by atomic mass is 16.3. The van der Waals surface area contributed by atoms with Crippen molar-refractivity contribution in [1.29, 1.82) is 0 Å². The monoisotopic (exact) mass is 225 g/mol. The van der Waals surface area contributed by atoms with Crippen molar-refractivity contribution in [3.05, 3.63) is 17.5 Å². The van der Waals surface area contributed by atoms with Gasteiger partial charge in [0, 0.05) is 36.4 Å². The largest absolute Gasteiger partial charge is 0.396 e. The second kappa shape index (κ2) is 6.01. The number of aliphatic hydroxyl groups is 1. The molecule has 0 aliphatic carbocycles. The van der Waals surface area contributed by atoms with Crippen molar-refractivity contribution in [2.24, 2.45) is 5.41 Å². The summed E-state index contributed by atoms with van der Waals surface area (Å²) < 4.78 is 0. The van der Waals surface area contributed by atoms with Crippen LogP contribution in [0.15, 0.2) is 6.20 Å². The summed E-state index contributed by atoms with van der Waals surface area (Å²) in [6.07, 6.45) is 3.84. The Morgan fingerprint density at radius 2 is 2.12 bits per heavy atom. The third-order valence-corrected chi connectivity index (χ3v) is 3.59. The maximum Gasteiger partial charge on any atom is 0.0535 e. The summed E-state index contributed by atoms with van der Waals surface area (Å²) >= 11 is 0. The van der Waals surface area contributed by atoms with E-state index in [4.69, 9.17) is 0 Å². The van der Waals surface area contributed by atoms with Crippen LogP contribution in [0.25, 0.3) is 0 Å². The van der Waals surface area contributed by atoms with Crippen LogP contribution in [-0.4, -0.2) is 28.5 Å². The summed E-state index contributed by atoms with van der Waals surface area (Å²) in [7, 11) is 0. The van der Waals surface area contributed by atoms with E-state index in [2.05, 4.69) is 29.4 Å². The summed E-state index contributed by atoms with van der Waals surface area (Å²) in [4.78, 5) is 0. The Morgan fingerprint density at radius 3 is 2.56 bits per heavy atom. The quantitative estimate of drug-likeness (QED) is 0.660. The summed E-state index contributed by atoms with van der Waals surface area (Å²) in [5, 5.41) is 19.7. The molecule has 1 heterocycles. The van der Waals surface area contributed by atoms with Gasteiger partial charge in [-0.25, -0.2) is 0 Å². The lowest BCUT2D eigenvalue weighted by Crippen LogP contribution is -2.36.